The zero-order valence-corrected chi connectivity index (χ0v) is 10.0. The first kappa shape index (κ1) is 12.6. The van der Waals surface area contributed by atoms with Crippen LogP contribution >= 0.6 is 15.9 Å². The number of hydrogen-bond donors (Lipinski definition) is 1. The summed E-state index contributed by atoms with van der Waals surface area (Å²) < 4.78 is 18.2. The van der Waals surface area contributed by atoms with Gasteiger partial charge in [-0.15, -0.1) is 0 Å². The van der Waals surface area contributed by atoms with Crippen LogP contribution in [0.2, 0.25) is 0 Å². The number of halogens is 2. The van der Waals surface area contributed by atoms with Gasteiger partial charge in [0.15, 0.2) is 0 Å². The zero-order valence-electron chi connectivity index (χ0n) is 8.42. The SMILES string of the molecule is COC(=O)CNC(=O)c1ccc(Br)cc1F. The smallest absolute Gasteiger partial charge is 0.325 e. The number of carbonyl (C=O) groups excluding carboxylic acids is 2. The molecular weight excluding hydrogens is 281 g/mol. The van der Waals surface area contributed by atoms with Crippen LogP contribution in [0, 0.1) is 5.82 Å². The molecule has 0 atom stereocenters. The summed E-state index contributed by atoms with van der Waals surface area (Å²) in [6.45, 7) is -0.287. The predicted octanol–water partition coefficient (Wildman–Crippen LogP) is 1.49. The number of carbonyl (C=O) groups is 2. The van der Waals surface area contributed by atoms with Gasteiger partial charge in [-0.05, 0) is 18.2 Å². The Labute approximate surface area is 99.9 Å². The Bertz CT molecular complexity index is 423. The van der Waals surface area contributed by atoms with Crippen molar-refractivity contribution in [2.75, 3.05) is 13.7 Å². The molecule has 1 aromatic carbocycles. The van der Waals surface area contributed by atoms with E-state index in [0.29, 0.717) is 4.47 Å². The molecule has 0 saturated carbocycles. The van der Waals surface area contributed by atoms with Gasteiger partial charge in [-0.1, -0.05) is 15.9 Å². The molecule has 0 aliphatic carbocycles. The van der Waals surface area contributed by atoms with Gasteiger partial charge in [0.05, 0.1) is 12.7 Å². The molecule has 0 aliphatic rings. The minimum Gasteiger partial charge on any atom is -0.468 e. The van der Waals surface area contributed by atoms with E-state index in [-0.39, 0.29) is 12.1 Å². The molecule has 0 aliphatic heterocycles. The number of benzene rings is 1. The average Bonchev–Trinajstić information content (AvgIpc) is 2.25. The van der Waals surface area contributed by atoms with Crippen molar-refractivity contribution in [2.45, 2.75) is 0 Å². The largest absolute Gasteiger partial charge is 0.468 e. The molecule has 0 fully saturated rings. The molecular formula is C10H9BrFNO3. The Morgan fingerprint density at radius 3 is 2.75 bits per heavy atom. The molecule has 6 heteroatoms. The van der Waals surface area contributed by atoms with Crippen LogP contribution in [0.5, 0.6) is 0 Å². The number of rotatable bonds is 3. The van der Waals surface area contributed by atoms with Crippen LogP contribution in [-0.4, -0.2) is 25.5 Å². The summed E-state index contributed by atoms with van der Waals surface area (Å²) in [5.74, 6) is -1.90. The monoisotopic (exact) mass is 289 g/mol. The van der Waals surface area contributed by atoms with Crippen LogP contribution in [0.15, 0.2) is 22.7 Å². The van der Waals surface area contributed by atoms with Gasteiger partial charge < -0.3 is 10.1 Å². The maximum Gasteiger partial charge on any atom is 0.325 e. The molecule has 16 heavy (non-hydrogen) atoms. The second kappa shape index (κ2) is 5.60. The highest BCUT2D eigenvalue weighted by atomic mass is 79.9. The van der Waals surface area contributed by atoms with E-state index in [1.807, 2.05) is 0 Å². The highest BCUT2D eigenvalue weighted by Gasteiger charge is 2.12. The van der Waals surface area contributed by atoms with Crippen LogP contribution in [0.3, 0.4) is 0 Å². The Kier molecular flexibility index (Phi) is 4.42. The van der Waals surface area contributed by atoms with Crippen molar-refractivity contribution in [3.05, 3.63) is 34.1 Å². The average molecular weight is 290 g/mol. The fraction of sp³-hybridized carbons (Fsp3) is 0.200. The maximum atomic E-state index is 13.3. The Morgan fingerprint density at radius 1 is 1.50 bits per heavy atom. The van der Waals surface area contributed by atoms with Crippen molar-refractivity contribution in [3.8, 4) is 0 Å². The second-order valence-electron chi connectivity index (χ2n) is 2.88. The van der Waals surface area contributed by atoms with Gasteiger partial charge in [-0.25, -0.2) is 4.39 Å². The van der Waals surface area contributed by atoms with Crippen LogP contribution in [-0.2, 0) is 9.53 Å². The molecule has 1 N–H and O–H groups in total. The van der Waals surface area contributed by atoms with E-state index in [1.165, 1.54) is 25.3 Å². The van der Waals surface area contributed by atoms with E-state index in [4.69, 9.17) is 0 Å². The van der Waals surface area contributed by atoms with Crippen molar-refractivity contribution >= 4 is 27.8 Å². The summed E-state index contributed by atoms with van der Waals surface area (Å²) in [4.78, 5) is 22.2. The van der Waals surface area contributed by atoms with Gasteiger partial charge in [0.1, 0.15) is 12.4 Å². The Balaban J connectivity index is 2.70. The number of esters is 1. The summed E-state index contributed by atoms with van der Waals surface area (Å²) in [6.07, 6.45) is 0. The molecule has 1 aromatic rings. The van der Waals surface area contributed by atoms with Crippen molar-refractivity contribution in [3.63, 3.8) is 0 Å². The number of nitrogens with one attached hydrogen (secondary N) is 1. The van der Waals surface area contributed by atoms with Crippen molar-refractivity contribution in [1.82, 2.24) is 5.32 Å². The minimum atomic E-state index is -0.657. The van der Waals surface area contributed by atoms with E-state index < -0.39 is 17.7 Å². The summed E-state index contributed by atoms with van der Waals surface area (Å²) in [7, 11) is 1.20. The van der Waals surface area contributed by atoms with Gasteiger partial charge in [-0.2, -0.15) is 0 Å². The molecule has 0 saturated heterocycles. The molecule has 86 valence electrons. The number of methoxy groups -OCH3 is 1. The van der Waals surface area contributed by atoms with Crippen LogP contribution in [0.1, 0.15) is 10.4 Å². The molecule has 0 heterocycles. The highest BCUT2D eigenvalue weighted by molar-refractivity contribution is 9.10. The minimum absolute atomic E-state index is 0.118. The first-order valence-corrected chi connectivity index (χ1v) is 5.14. The fourth-order valence-electron chi connectivity index (χ4n) is 0.993. The number of amides is 1. The van der Waals surface area contributed by atoms with Gasteiger partial charge in [-0.3, -0.25) is 9.59 Å². The van der Waals surface area contributed by atoms with E-state index in [0.717, 1.165) is 0 Å². The number of ether oxygens (including phenoxy) is 1. The van der Waals surface area contributed by atoms with Gasteiger partial charge in [0, 0.05) is 4.47 Å². The second-order valence-corrected chi connectivity index (χ2v) is 3.80. The summed E-state index contributed by atoms with van der Waals surface area (Å²) >= 11 is 3.07. The zero-order chi connectivity index (χ0) is 12.1. The van der Waals surface area contributed by atoms with Crippen LogP contribution < -0.4 is 5.32 Å². The van der Waals surface area contributed by atoms with E-state index in [1.54, 1.807) is 0 Å². The Hall–Kier alpha value is -1.43. The molecule has 1 rings (SSSR count). The normalized spacial score (nSPS) is 9.69. The molecule has 1 amide bonds. The summed E-state index contributed by atoms with van der Waals surface area (Å²) in [5, 5.41) is 2.24. The molecule has 4 nitrogen and oxygen atoms in total. The molecule has 0 unspecified atom stereocenters. The molecule has 0 radical (unpaired) electrons. The lowest BCUT2D eigenvalue weighted by atomic mass is 10.2. The first-order valence-electron chi connectivity index (χ1n) is 4.34. The lowest BCUT2D eigenvalue weighted by Crippen LogP contribution is -2.30. The quantitative estimate of drug-likeness (QED) is 0.858. The van der Waals surface area contributed by atoms with Gasteiger partial charge in [0.25, 0.3) is 5.91 Å². The molecule has 0 bridgehead atoms. The lowest BCUT2D eigenvalue weighted by Gasteiger charge is -2.05. The fourth-order valence-corrected chi connectivity index (χ4v) is 1.33. The number of hydrogen-bond acceptors (Lipinski definition) is 3. The predicted molar refractivity (Wildman–Crippen MR) is 58.4 cm³/mol. The van der Waals surface area contributed by atoms with E-state index >= 15 is 0 Å². The standard InChI is InChI=1S/C10H9BrFNO3/c1-16-9(14)5-13-10(15)7-3-2-6(11)4-8(7)12/h2-4H,5H2,1H3,(H,13,15). The van der Waals surface area contributed by atoms with Gasteiger partial charge >= 0.3 is 5.97 Å². The van der Waals surface area contributed by atoms with Gasteiger partial charge in [0.2, 0.25) is 0 Å². The third-order valence-electron chi connectivity index (χ3n) is 1.80. The third-order valence-corrected chi connectivity index (χ3v) is 2.29. The molecule has 0 aromatic heterocycles. The third kappa shape index (κ3) is 3.30. The highest BCUT2D eigenvalue weighted by Crippen LogP contribution is 2.14. The first-order chi connectivity index (χ1) is 7.54. The van der Waals surface area contributed by atoms with Crippen molar-refractivity contribution < 1.29 is 18.7 Å². The van der Waals surface area contributed by atoms with Crippen LogP contribution in [0.25, 0.3) is 0 Å². The summed E-state index contributed by atoms with van der Waals surface area (Å²) in [5.41, 5.74) is -0.118. The lowest BCUT2D eigenvalue weighted by molar-refractivity contribution is -0.139. The van der Waals surface area contributed by atoms with Crippen molar-refractivity contribution in [1.29, 1.82) is 0 Å². The summed E-state index contributed by atoms with van der Waals surface area (Å²) in [6, 6.07) is 4.04. The topological polar surface area (TPSA) is 55.4 Å². The van der Waals surface area contributed by atoms with E-state index in [9.17, 15) is 14.0 Å². The van der Waals surface area contributed by atoms with Crippen molar-refractivity contribution in [2.24, 2.45) is 0 Å². The van der Waals surface area contributed by atoms with E-state index in [2.05, 4.69) is 26.0 Å². The Morgan fingerprint density at radius 2 is 2.19 bits per heavy atom. The molecule has 0 spiro atoms. The van der Waals surface area contributed by atoms with Crippen LogP contribution in [0.4, 0.5) is 4.39 Å². The maximum absolute atomic E-state index is 13.3.